The Balaban J connectivity index is 1.28. The summed E-state index contributed by atoms with van der Waals surface area (Å²) in [4.78, 5) is 8.46. The van der Waals surface area contributed by atoms with Gasteiger partial charge in [0.2, 0.25) is 0 Å². The summed E-state index contributed by atoms with van der Waals surface area (Å²) in [7, 11) is 0. The minimum absolute atomic E-state index is 0.102. The summed E-state index contributed by atoms with van der Waals surface area (Å²) in [6.45, 7) is 3.51. The van der Waals surface area contributed by atoms with Crippen molar-refractivity contribution in [2.45, 2.75) is 57.7 Å². The van der Waals surface area contributed by atoms with E-state index < -0.39 is 0 Å². The summed E-state index contributed by atoms with van der Waals surface area (Å²) in [6.07, 6.45) is 6.19. The maximum absolute atomic E-state index is 6.42. The van der Waals surface area contributed by atoms with Gasteiger partial charge in [0.15, 0.2) is 0 Å². The Hall–Kier alpha value is -4.05. The molecule has 4 heteroatoms. The van der Waals surface area contributed by atoms with Crippen LogP contribution in [0.3, 0.4) is 0 Å². The van der Waals surface area contributed by atoms with E-state index >= 15 is 0 Å². The number of hydrogen-bond donors (Lipinski definition) is 1. The predicted octanol–water partition coefficient (Wildman–Crippen LogP) is 8.61. The molecule has 0 saturated heterocycles. The number of H-pyrrole nitrogens is 1. The first-order chi connectivity index (χ1) is 18.7. The Kier molecular flexibility index (Phi) is 6.87. The van der Waals surface area contributed by atoms with Crippen molar-refractivity contribution in [3.8, 4) is 22.9 Å². The molecule has 0 aliphatic heterocycles. The summed E-state index contributed by atoms with van der Waals surface area (Å²) in [5.41, 5.74) is 6.71. The molecule has 192 valence electrons. The second-order valence-electron chi connectivity index (χ2n) is 10.6. The molecule has 1 N–H and O–H groups in total. The zero-order valence-corrected chi connectivity index (χ0v) is 22.0. The third kappa shape index (κ3) is 5.31. The number of benzene rings is 4. The summed E-state index contributed by atoms with van der Waals surface area (Å²) in [5, 5.41) is 0. The Labute approximate surface area is 224 Å². The summed E-state index contributed by atoms with van der Waals surface area (Å²) < 4.78 is 12.5. The van der Waals surface area contributed by atoms with E-state index in [4.69, 9.17) is 14.5 Å². The maximum atomic E-state index is 6.42. The standard InChI is InChI=1S/C34H34N2O2/c1-34(19-9-4-10-20-34)29-21-27(15-18-32(29)38-24-26-13-7-3-8-14-26)33-35-30-17-16-28(22-31(30)36-33)37-23-25-11-5-2-6-12-25/h2-3,5-8,11-18,21-22H,4,9-10,19-20,23-24H2,1H3,(H,35,36). The third-order valence-corrected chi connectivity index (χ3v) is 7.80. The molecule has 0 radical (unpaired) electrons. The largest absolute Gasteiger partial charge is 0.489 e. The monoisotopic (exact) mass is 502 g/mol. The minimum Gasteiger partial charge on any atom is -0.489 e. The molecule has 0 atom stereocenters. The van der Waals surface area contributed by atoms with Crippen molar-refractivity contribution in [3.05, 3.63) is 114 Å². The highest BCUT2D eigenvalue weighted by atomic mass is 16.5. The fourth-order valence-corrected chi connectivity index (χ4v) is 5.57. The molecule has 4 aromatic carbocycles. The highest BCUT2D eigenvalue weighted by Gasteiger charge is 2.32. The van der Waals surface area contributed by atoms with Crippen LogP contribution >= 0.6 is 0 Å². The molecule has 0 amide bonds. The van der Waals surface area contributed by atoms with Crippen LogP contribution in [0.4, 0.5) is 0 Å². The fraction of sp³-hybridized carbons (Fsp3) is 0.265. The van der Waals surface area contributed by atoms with Gasteiger partial charge in [-0.05, 0) is 59.7 Å². The van der Waals surface area contributed by atoms with Crippen molar-refractivity contribution in [2.75, 3.05) is 0 Å². The van der Waals surface area contributed by atoms with Gasteiger partial charge >= 0.3 is 0 Å². The Morgan fingerprint density at radius 2 is 1.42 bits per heavy atom. The Morgan fingerprint density at radius 3 is 2.13 bits per heavy atom. The van der Waals surface area contributed by atoms with Crippen molar-refractivity contribution >= 4 is 11.0 Å². The molecule has 5 aromatic rings. The number of nitrogens with one attached hydrogen (secondary N) is 1. The molecule has 0 bridgehead atoms. The highest BCUT2D eigenvalue weighted by molar-refractivity contribution is 5.81. The van der Waals surface area contributed by atoms with E-state index in [0.717, 1.165) is 39.5 Å². The van der Waals surface area contributed by atoms with Crippen molar-refractivity contribution in [3.63, 3.8) is 0 Å². The lowest BCUT2D eigenvalue weighted by Gasteiger charge is -2.35. The fourth-order valence-electron chi connectivity index (χ4n) is 5.57. The first kappa shape index (κ1) is 24.3. The van der Waals surface area contributed by atoms with Crippen molar-refractivity contribution in [1.82, 2.24) is 9.97 Å². The zero-order chi connectivity index (χ0) is 25.8. The third-order valence-electron chi connectivity index (χ3n) is 7.80. The van der Waals surface area contributed by atoms with Crippen LogP contribution in [0, 0.1) is 0 Å². The van der Waals surface area contributed by atoms with Gasteiger partial charge < -0.3 is 14.5 Å². The lowest BCUT2D eigenvalue weighted by molar-refractivity contribution is 0.273. The first-order valence-electron chi connectivity index (χ1n) is 13.6. The van der Waals surface area contributed by atoms with Gasteiger partial charge in [0, 0.05) is 17.2 Å². The summed E-state index contributed by atoms with van der Waals surface area (Å²) in [6, 6.07) is 33.2. The van der Waals surface area contributed by atoms with Crippen LogP contribution in [-0.2, 0) is 18.6 Å². The molecule has 1 aliphatic rings. The molecule has 0 spiro atoms. The lowest BCUT2D eigenvalue weighted by Crippen LogP contribution is -2.26. The van der Waals surface area contributed by atoms with Crippen molar-refractivity contribution in [1.29, 1.82) is 0 Å². The Morgan fingerprint density at radius 1 is 0.737 bits per heavy atom. The molecule has 1 aromatic heterocycles. The molecule has 1 saturated carbocycles. The molecule has 1 fully saturated rings. The minimum atomic E-state index is 0.102. The molecular formula is C34H34N2O2. The van der Waals surface area contributed by atoms with Crippen LogP contribution in [0.5, 0.6) is 11.5 Å². The normalized spacial score (nSPS) is 14.9. The van der Waals surface area contributed by atoms with E-state index in [1.165, 1.54) is 43.2 Å². The van der Waals surface area contributed by atoms with E-state index in [2.05, 4.69) is 66.5 Å². The van der Waals surface area contributed by atoms with Gasteiger partial charge in [-0.15, -0.1) is 0 Å². The molecule has 6 rings (SSSR count). The number of hydrogen-bond acceptors (Lipinski definition) is 3. The van der Waals surface area contributed by atoms with E-state index in [1.54, 1.807) is 0 Å². The van der Waals surface area contributed by atoms with Gasteiger partial charge in [-0.3, -0.25) is 0 Å². The van der Waals surface area contributed by atoms with Crippen LogP contribution in [0.1, 0.15) is 55.7 Å². The molecular weight excluding hydrogens is 468 g/mol. The predicted molar refractivity (Wildman–Crippen MR) is 154 cm³/mol. The van der Waals surface area contributed by atoms with Crippen LogP contribution in [-0.4, -0.2) is 9.97 Å². The average molecular weight is 503 g/mol. The van der Waals surface area contributed by atoms with Gasteiger partial charge in [0.25, 0.3) is 0 Å². The molecule has 38 heavy (non-hydrogen) atoms. The van der Waals surface area contributed by atoms with Gasteiger partial charge in [0.1, 0.15) is 30.5 Å². The van der Waals surface area contributed by atoms with E-state index in [0.29, 0.717) is 13.2 Å². The zero-order valence-electron chi connectivity index (χ0n) is 22.0. The van der Waals surface area contributed by atoms with Crippen LogP contribution in [0.2, 0.25) is 0 Å². The number of imidazole rings is 1. The van der Waals surface area contributed by atoms with E-state index in [-0.39, 0.29) is 5.41 Å². The quantitative estimate of drug-likeness (QED) is 0.231. The van der Waals surface area contributed by atoms with Crippen molar-refractivity contribution in [2.24, 2.45) is 0 Å². The number of fused-ring (bicyclic) bond motifs is 1. The van der Waals surface area contributed by atoms with Crippen LogP contribution in [0.25, 0.3) is 22.4 Å². The van der Waals surface area contributed by atoms with E-state index in [9.17, 15) is 0 Å². The SMILES string of the molecule is CC1(c2cc(-c3nc4ccc(OCc5ccccc5)cc4[nH]3)ccc2OCc2ccccc2)CCCCC1. The average Bonchev–Trinajstić information content (AvgIpc) is 3.40. The summed E-state index contributed by atoms with van der Waals surface area (Å²) >= 11 is 0. The van der Waals surface area contributed by atoms with Crippen molar-refractivity contribution < 1.29 is 9.47 Å². The molecule has 1 heterocycles. The van der Waals surface area contributed by atoms with Gasteiger partial charge in [-0.1, -0.05) is 86.8 Å². The number of aromatic nitrogens is 2. The van der Waals surface area contributed by atoms with Crippen LogP contribution in [0.15, 0.2) is 97.1 Å². The van der Waals surface area contributed by atoms with Crippen LogP contribution < -0.4 is 9.47 Å². The smallest absolute Gasteiger partial charge is 0.138 e. The van der Waals surface area contributed by atoms with Gasteiger partial charge in [-0.25, -0.2) is 4.98 Å². The molecule has 4 nitrogen and oxygen atoms in total. The van der Waals surface area contributed by atoms with E-state index in [1.807, 2.05) is 42.5 Å². The number of aromatic amines is 1. The Bertz CT molecular complexity index is 1500. The van der Waals surface area contributed by atoms with Gasteiger partial charge in [0.05, 0.1) is 11.0 Å². The molecule has 0 unspecified atom stereocenters. The number of nitrogens with zero attached hydrogens (tertiary/aromatic N) is 1. The first-order valence-corrected chi connectivity index (χ1v) is 13.6. The number of ether oxygens (including phenoxy) is 2. The maximum Gasteiger partial charge on any atom is 0.138 e. The second kappa shape index (κ2) is 10.7. The highest BCUT2D eigenvalue weighted by Crippen LogP contribution is 2.44. The second-order valence-corrected chi connectivity index (χ2v) is 10.6. The topological polar surface area (TPSA) is 47.1 Å². The molecule has 1 aliphatic carbocycles. The summed E-state index contributed by atoms with van der Waals surface area (Å²) in [5.74, 6) is 2.68. The lowest BCUT2D eigenvalue weighted by atomic mass is 9.70. The number of rotatable bonds is 8. The van der Waals surface area contributed by atoms with Gasteiger partial charge in [-0.2, -0.15) is 0 Å².